The molecule has 0 radical (unpaired) electrons. The minimum atomic E-state index is -0.252. The molecule has 2 N–H and O–H groups in total. The molecule has 0 bridgehead atoms. The van der Waals surface area contributed by atoms with Gasteiger partial charge in [-0.05, 0) is 31.0 Å². The standard InChI is InChI=1S/C22H36FN5O3/c1-4-30-13-5-10-24-22(26-17-21(29)27(2)3)25-16-20(28-11-14-31-15-12-28)18-6-8-19(23)9-7-18/h6-9,20H,4-5,10-17H2,1-3H3,(H2,24,25,26). The van der Waals surface area contributed by atoms with E-state index < -0.39 is 0 Å². The largest absolute Gasteiger partial charge is 0.382 e. The predicted molar refractivity (Wildman–Crippen MR) is 120 cm³/mol. The summed E-state index contributed by atoms with van der Waals surface area (Å²) in [6.45, 7) is 7.59. The molecule has 0 aromatic heterocycles. The second kappa shape index (κ2) is 14.0. The Kier molecular flexibility index (Phi) is 11.3. The highest BCUT2D eigenvalue weighted by molar-refractivity contribution is 5.84. The van der Waals surface area contributed by atoms with Gasteiger partial charge in [-0.3, -0.25) is 9.69 Å². The number of nitrogens with one attached hydrogen (secondary N) is 2. The first-order valence-corrected chi connectivity index (χ1v) is 10.9. The Hall–Kier alpha value is -2.23. The third-order valence-corrected chi connectivity index (χ3v) is 5.04. The Morgan fingerprint density at radius 2 is 1.97 bits per heavy atom. The molecule has 1 amide bonds. The van der Waals surface area contributed by atoms with Crippen LogP contribution >= 0.6 is 0 Å². The highest BCUT2D eigenvalue weighted by atomic mass is 19.1. The van der Waals surface area contributed by atoms with Crippen molar-refractivity contribution in [2.24, 2.45) is 4.99 Å². The molecule has 2 rings (SSSR count). The van der Waals surface area contributed by atoms with Crippen LogP contribution in [0.2, 0.25) is 0 Å². The van der Waals surface area contributed by atoms with Gasteiger partial charge in [0, 0.05) is 53.5 Å². The van der Waals surface area contributed by atoms with E-state index in [1.54, 1.807) is 14.1 Å². The fourth-order valence-corrected chi connectivity index (χ4v) is 3.21. The number of hydrogen-bond donors (Lipinski definition) is 2. The molecule has 1 fully saturated rings. The van der Waals surface area contributed by atoms with Crippen LogP contribution in [0.4, 0.5) is 4.39 Å². The lowest BCUT2D eigenvalue weighted by molar-refractivity contribution is -0.127. The zero-order valence-electron chi connectivity index (χ0n) is 18.9. The molecule has 1 saturated heterocycles. The Balaban J connectivity index is 2.05. The number of aliphatic imine (C=N–C) groups is 1. The maximum absolute atomic E-state index is 13.5. The number of halogens is 1. The number of carbonyl (C=O) groups excluding carboxylic acids is 1. The molecular formula is C22H36FN5O3. The Morgan fingerprint density at radius 1 is 1.26 bits per heavy atom. The van der Waals surface area contributed by atoms with Crippen LogP contribution in [0.1, 0.15) is 24.9 Å². The molecule has 174 valence electrons. The van der Waals surface area contributed by atoms with E-state index in [9.17, 15) is 9.18 Å². The van der Waals surface area contributed by atoms with Gasteiger partial charge in [-0.25, -0.2) is 9.38 Å². The summed E-state index contributed by atoms with van der Waals surface area (Å²) in [7, 11) is 3.42. The number of ether oxygens (including phenoxy) is 2. The number of carbonyl (C=O) groups is 1. The van der Waals surface area contributed by atoms with E-state index >= 15 is 0 Å². The molecule has 1 aromatic rings. The van der Waals surface area contributed by atoms with Gasteiger partial charge in [-0.1, -0.05) is 12.1 Å². The van der Waals surface area contributed by atoms with Crippen LogP contribution in [0.15, 0.2) is 29.3 Å². The Labute approximate surface area is 184 Å². The fourth-order valence-electron chi connectivity index (χ4n) is 3.21. The maximum Gasteiger partial charge on any atom is 0.243 e. The smallest absolute Gasteiger partial charge is 0.243 e. The number of amides is 1. The van der Waals surface area contributed by atoms with Crippen molar-refractivity contribution in [2.75, 3.05) is 73.2 Å². The van der Waals surface area contributed by atoms with Crippen LogP contribution in [-0.4, -0.2) is 94.9 Å². The van der Waals surface area contributed by atoms with E-state index in [0.29, 0.717) is 45.5 Å². The number of hydrogen-bond acceptors (Lipinski definition) is 5. The van der Waals surface area contributed by atoms with Gasteiger partial charge in [0.1, 0.15) is 12.4 Å². The third kappa shape index (κ3) is 9.20. The summed E-state index contributed by atoms with van der Waals surface area (Å²) in [5, 5.41) is 6.64. The van der Waals surface area contributed by atoms with E-state index in [1.165, 1.54) is 17.0 Å². The van der Waals surface area contributed by atoms with Crippen molar-refractivity contribution < 1.29 is 18.7 Å². The van der Waals surface area contributed by atoms with Gasteiger partial charge in [-0.2, -0.15) is 0 Å². The summed E-state index contributed by atoms with van der Waals surface area (Å²) in [4.78, 5) is 20.3. The number of likely N-dealkylation sites (N-methyl/N-ethyl adjacent to an activating group) is 1. The lowest BCUT2D eigenvalue weighted by atomic mass is 10.0. The van der Waals surface area contributed by atoms with Crippen molar-refractivity contribution in [1.29, 1.82) is 0 Å². The van der Waals surface area contributed by atoms with E-state index in [4.69, 9.17) is 9.47 Å². The summed E-state index contributed by atoms with van der Waals surface area (Å²) >= 11 is 0. The molecule has 9 heteroatoms. The molecule has 8 nitrogen and oxygen atoms in total. The van der Waals surface area contributed by atoms with Gasteiger partial charge >= 0.3 is 0 Å². The van der Waals surface area contributed by atoms with Gasteiger partial charge in [0.2, 0.25) is 5.91 Å². The van der Waals surface area contributed by atoms with Gasteiger partial charge < -0.3 is 25.0 Å². The molecular weight excluding hydrogens is 401 g/mol. The molecule has 31 heavy (non-hydrogen) atoms. The molecule has 1 aliphatic heterocycles. The first kappa shape index (κ1) is 25.0. The lowest BCUT2D eigenvalue weighted by Crippen LogP contribution is -2.46. The van der Waals surface area contributed by atoms with Gasteiger partial charge in [0.25, 0.3) is 0 Å². The normalized spacial score (nSPS) is 16.1. The van der Waals surface area contributed by atoms with E-state index in [1.807, 2.05) is 19.1 Å². The third-order valence-electron chi connectivity index (χ3n) is 5.04. The predicted octanol–water partition coefficient (Wildman–Crippen LogP) is 1.25. The lowest BCUT2D eigenvalue weighted by Gasteiger charge is -2.35. The molecule has 1 aromatic carbocycles. The number of morpholine rings is 1. The summed E-state index contributed by atoms with van der Waals surface area (Å²) in [5.74, 6) is 0.253. The Morgan fingerprint density at radius 3 is 2.61 bits per heavy atom. The minimum absolute atomic E-state index is 0.0319. The average molecular weight is 438 g/mol. The van der Waals surface area contributed by atoms with Gasteiger partial charge in [0.15, 0.2) is 5.96 Å². The monoisotopic (exact) mass is 437 g/mol. The first-order valence-electron chi connectivity index (χ1n) is 10.9. The number of benzene rings is 1. The van der Waals surface area contributed by atoms with E-state index in [2.05, 4.69) is 20.5 Å². The van der Waals surface area contributed by atoms with Crippen LogP contribution in [0, 0.1) is 5.82 Å². The fraction of sp³-hybridized carbons (Fsp3) is 0.636. The topological polar surface area (TPSA) is 78.4 Å². The van der Waals surface area contributed by atoms with Crippen molar-refractivity contribution >= 4 is 11.9 Å². The molecule has 1 atom stereocenters. The quantitative estimate of drug-likeness (QED) is 0.308. The van der Waals surface area contributed by atoms with Crippen LogP contribution < -0.4 is 10.6 Å². The highest BCUT2D eigenvalue weighted by Crippen LogP contribution is 2.21. The number of guanidine groups is 1. The number of rotatable bonds is 11. The molecule has 0 spiro atoms. The Bertz CT molecular complexity index is 678. The summed E-state index contributed by atoms with van der Waals surface area (Å²) in [5.41, 5.74) is 1.02. The average Bonchev–Trinajstić information content (AvgIpc) is 2.78. The SMILES string of the molecule is CCOCCCNC(=NCC(=O)N(C)C)NCC(c1ccc(F)cc1)N1CCOCC1. The van der Waals surface area contributed by atoms with Crippen molar-refractivity contribution in [1.82, 2.24) is 20.4 Å². The van der Waals surface area contributed by atoms with Gasteiger partial charge in [0.05, 0.1) is 19.3 Å². The van der Waals surface area contributed by atoms with Crippen molar-refractivity contribution in [3.63, 3.8) is 0 Å². The molecule has 1 heterocycles. The van der Waals surface area contributed by atoms with Crippen molar-refractivity contribution in [3.05, 3.63) is 35.6 Å². The first-order chi connectivity index (χ1) is 15.0. The molecule has 0 aliphatic carbocycles. The van der Waals surface area contributed by atoms with Crippen molar-refractivity contribution in [2.45, 2.75) is 19.4 Å². The molecule has 0 saturated carbocycles. The zero-order chi connectivity index (χ0) is 22.5. The maximum atomic E-state index is 13.5. The highest BCUT2D eigenvalue weighted by Gasteiger charge is 2.23. The second-order valence-corrected chi connectivity index (χ2v) is 7.53. The van der Waals surface area contributed by atoms with Gasteiger partial charge in [-0.15, -0.1) is 0 Å². The van der Waals surface area contributed by atoms with Crippen LogP contribution in [-0.2, 0) is 14.3 Å². The molecule has 1 unspecified atom stereocenters. The molecule has 1 aliphatic rings. The van der Waals surface area contributed by atoms with Crippen molar-refractivity contribution in [3.8, 4) is 0 Å². The van der Waals surface area contributed by atoms with Crippen LogP contribution in [0.5, 0.6) is 0 Å². The van der Waals surface area contributed by atoms with E-state index in [-0.39, 0.29) is 24.3 Å². The van der Waals surface area contributed by atoms with E-state index in [0.717, 1.165) is 25.1 Å². The van der Waals surface area contributed by atoms with Crippen LogP contribution in [0.25, 0.3) is 0 Å². The number of nitrogens with zero attached hydrogens (tertiary/aromatic N) is 3. The van der Waals surface area contributed by atoms with Crippen LogP contribution in [0.3, 0.4) is 0 Å². The summed E-state index contributed by atoms with van der Waals surface area (Å²) < 4.78 is 24.3. The summed E-state index contributed by atoms with van der Waals surface area (Å²) in [6.07, 6.45) is 0.834. The summed E-state index contributed by atoms with van der Waals surface area (Å²) in [6, 6.07) is 6.64. The minimum Gasteiger partial charge on any atom is -0.382 e. The zero-order valence-corrected chi connectivity index (χ0v) is 18.9. The second-order valence-electron chi connectivity index (χ2n) is 7.53.